The fourth-order valence-corrected chi connectivity index (χ4v) is 4.35. The van der Waals surface area contributed by atoms with Crippen LogP contribution < -0.4 is 4.74 Å². The van der Waals surface area contributed by atoms with Gasteiger partial charge in [0.2, 0.25) is 5.88 Å². The molecule has 0 aliphatic rings. The number of aromatic nitrogens is 5. The minimum Gasteiger partial charge on any atom is -0.477 e. The summed E-state index contributed by atoms with van der Waals surface area (Å²) in [6, 6.07) is 3.85. The number of hydrogen-bond acceptors (Lipinski definition) is 6. The van der Waals surface area contributed by atoms with Crippen LogP contribution in [0.1, 0.15) is 34.9 Å². The molecule has 8 nitrogen and oxygen atoms in total. The number of thiazole rings is 1. The van der Waals surface area contributed by atoms with Gasteiger partial charge in [0.1, 0.15) is 5.01 Å². The molecule has 29 heavy (non-hydrogen) atoms. The third-order valence-electron chi connectivity index (χ3n) is 4.79. The molecular weight excluding hydrogens is 390 g/mol. The predicted molar refractivity (Wildman–Crippen MR) is 111 cm³/mol. The maximum atomic E-state index is 11.5. The summed E-state index contributed by atoms with van der Waals surface area (Å²) < 4.78 is 9.18. The van der Waals surface area contributed by atoms with E-state index in [4.69, 9.17) is 4.74 Å². The molecule has 4 heterocycles. The number of hydrogen-bond donors (Lipinski definition) is 1. The van der Waals surface area contributed by atoms with E-state index in [9.17, 15) is 9.90 Å². The summed E-state index contributed by atoms with van der Waals surface area (Å²) >= 11 is 1.11. The summed E-state index contributed by atoms with van der Waals surface area (Å²) in [5, 5.41) is 19.1. The monoisotopic (exact) mass is 411 g/mol. The molecule has 9 heteroatoms. The summed E-state index contributed by atoms with van der Waals surface area (Å²) in [5.74, 6) is -0.883. The molecule has 0 spiro atoms. The second kappa shape index (κ2) is 7.32. The molecular formula is C20H21N5O3S. The molecule has 0 aromatic carbocycles. The molecule has 0 amide bonds. The van der Waals surface area contributed by atoms with E-state index in [0.29, 0.717) is 11.6 Å². The van der Waals surface area contributed by atoms with Crippen LogP contribution in [0.5, 0.6) is 5.88 Å². The summed E-state index contributed by atoms with van der Waals surface area (Å²) in [5.41, 5.74) is 5.82. The van der Waals surface area contributed by atoms with Crippen molar-refractivity contribution < 1.29 is 14.6 Å². The number of pyridine rings is 1. The molecule has 0 fully saturated rings. The lowest BCUT2D eigenvalue weighted by atomic mass is 10.0. The highest BCUT2D eigenvalue weighted by Crippen LogP contribution is 2.36. The average Bonchev–Trinajstić information content (AvgIpc) is 3.37. The standard InChI is InChI=1S/C20H21N5O3S/c1-5-24-12(4)16(11(3)23-24)14-10-21-25-8-7-13(9-15(14)25)19-22-18(28-6-2)17(29-19)20(26)27/h7-10H,5-6H2,1-4H3,(H,26,27). The van der Waals surface area contributed by atoms with Crippen molar-refractivity contribution in [2.45, 2.75) is 34.2 Å². The summed E-state index contributed by atoms with van der Waals surface area (Å²) in [7, 11) is 0. The molecule has 0 atom stereocenters. The van der Waals surface area contributed by atoms with E-state index < -0.39 is 5.97 Å². The summed E-state index contributed by atoms with van der Waals surface area (Å²) in [4.78, 5) is 16.0. The van der Waals surface area contributed by atoms with Gasteiger partial charge < -0.3 is 9.84 Å². The lowest BCUT2D eigenvalue weighted by Gasteiger charge is -2.03. The zero-order chi connectivity index (χ0) is 20.7. The van der Waals surface area contributed by atoms with Crippen molar-refractivity contribution in [1.82, 2.24) is 24.4 Å². The predicted octanol–water partition coefficient (Wildman–Crippen LogP) is 4.05. The number of nitrogens with zero attached hydrogens (tertiary/aromatic N) is 5. The van der Waals surface area contributed by atoms with Crippen molar-refractivity contribution >= 4 is 22.8 Å². The normalized spacial score (nSPS) is 11.3. The highest BCUT2D eigenvalue weighted by Gasteiger charge is 2.21. The van der Waals surface area contributed by atoms with E-state index in [2.05, 4.69) is 29.0 Å². The molecule has 0 unspecified atom stereocenters. The van der Waals surface area contributed by atoms with Crippen LogP contribution in [0.3, 0.4) is 0 Å². The van der Waals surface area contributed by atoms with Gasteiger partial charge in [-0.05, 0) is 39.8 Å². The van der Waals surface area contributed by atoms with E-state index in [1.807, 2.05) is 36.1 Å². The summed E-state index contributed by atoms with van der Waals surface area (Å²) in [6.07, 6.45) is 3.69. The SMILES string of the molecule is CCOc1nc(-c2ccn3ncc(-c4c(C)nn(CC)c4C)c3c2)sc1C(=O)O. The number of fused-ring (bicyclic) bond motifs is 1. The third kappa shape index (κ3) is 3.17. The van der Waals surface area contributed by atoms with E-state index in [1.165, 1.54) is 0 Å². The first-order valence-corrected chi connectivity index (χ1v) is 10.1. The number of rotatable bonds is 6. The number of aromatic carboxylic acids is 1. The van der Waals surface area contributed by atoms with Crippen molar-refractivity contribution in [2.75, 3.05) is 6.61 Å². The maximum absolute atomic E-state index is 11.5. The highest BCUT2D eigenvalue weighted by molar-refractivity contribution is 7.17. The lowest BCUT2D eigenvalue weighted by Crippen LogP contribution is -1.99. The first kappa shape index (κ1) is 19.1. The topological polar surface area (TPSA) is 94.5 Å². The molecule has 0 radical (unpaired) electrons. The molecule has 1 N–H and O–H groups in total. The van der Waals surface area contributed by atoms with Gasteiger partial charge in [-0.15, -0.1) is 11.3 Å². The van der Waals surface area contributed by atoms with Crippen molar-refractivity contribution in [3.63, 3.8) is 0 Å². The number of carboxylic acids is 1. The Bertz CT molecular complexity index is 1220. The van der Waals surface area contributed by atoms with Crippen LogP contribution in [0.25, 0.3) is 27.2 Å². The molecule has 0 saturated heterocycles. The van der Waals surface area contributed by atoms with Crippen LogP contribution in [0.4, 0.5) is 0 Å². The van der Waals surface area contributed by atoms with Crippen molar-refractivity contribution in [3.8, 4) is 27.6 Å². The molecule has 0 aliphatic carbocycles. The van der Waals surface area contributed by atoms with Crippen LogP contribution in [0.15, 0.2) is 24.5 Å². The largest absolute Gasteiger partial charge is 0.477 e. The van der Waals surface area contributed by atoms with Gasteiger partial charge in [0.15, 0.2) is 4.88 Å². The molecule has 0 aliphatic heterocycles. The molecule has 0 saturated carbocycles. The smallest absolute Gasteiger partial charge is 0.351 e. The third-order valence-corrected chi connectivity index (χ3v) is 5.86. The van der Waals surface area contributed by atoms with Gasteiger partial charge >= 0.3 is 5.97 Å². The van der Waals surface area contributed by atoms with Crippen molar-refractivity contribution in [3.05, 3.63) is 40.8 Å². The number of carboxylic acid groups (broad SMARTS) is 1. The minimum absolute atomic E-state index is 0.103. The quantitative estimate of drug-likeness (QED) is 0.514. The van der Waals surface area contributed by atoms with Gasteiger partial charge in [-0.25, -0.2) is 14.3 Å². The molecule has 4 rings (SSSR count). The van der Waals surface area contributed by atoms with Crippen molar-refractivity contribution in [1.29, 1.82) is 0 Å². The van der Waals surface area contributed by atoms with Crippen LogP contribution >= 0.6 is 11.3 Å². The lowest BCUT2D eigenvalue weighted by molar-refractivity contribution is 0.0697. The minimum atomic E-state index is -1.04. The van der Waals surface area contributed by atoms with Crippen molar-refractivity contribution in [2.24, 2.45) is 0 Å². The Balaban J connectivity index is 1.86. The summed E-state index contributed by atoms with van der Waals surface area (Å²) in [6.45, 7) is 9.08. The van der Waals surface area contributed by atoms with Gasteiger partial charge in [0.25, 0.3) is 0 Å². The zero-order valence-electron chi connectivity index (χ0n) is 16.6. The van der Waals surface area contributed by atoms with Crippen LogP contribution in [-0.4, -0.2) is 42.1 Å². The second-order valence-corrected chi connectivity index (χ2v) is 7.56. The second-order valence-electron chi connectivity index (χ2n) is 6.56. The van der Waals surface area contributed by atoms with Gasteiger partial charge in [-0.2, -0.15) is 10.2 Å². The number of carbonyl (C=O) groups is 1. The maximum Gasteiger partial charge on any atom is 0.351 e. The Hall–Kier alpha value is -3.20. The van der Waals surface area contributed by atoms with E-state index >= 15 is 0 Å². The van der Waals surface area contributed by atoms with Gasteiger partial charge in [0.05, 0.1) is 24.0 Å². The molecule has 0 bridgehead atoms. The Morgan fingerprint density at radius 1 is 1.31 bits per heavy atom. The van der Waals surface area contributed by atoms with Crippen LogP contribution in [0, 0.1) is 13.8 Å². The van der Waals surface area contributed by atoms with Gasteiger partial charge in [-0.3, -0.25) is 4.68 Å². The Morgan fingerprint density at radius 2 is 2.10 bits per heavy atom. The molecule has 4 aromatic rings. The highest BCUT2D eigenvalue weighted by atomic mass is 32.1. The fraction of sp³-hybridized carbons (Fsp3) is 0.300. The van der Waals surface area contributed by atoms with Crippen LogP contribution in [0.2, 0.25) is 0 Å². The van der Waals surface area contributed by atoms with E-state index in [1.54, 1.807) is 11.4 Å². The average molecular weight is 411 g/mol. The van der Waals surface area contributed by atoms with Gasteiger partial charge in [0, 0.05) is 35.1 Å². The Labute approximate surface area is 171 Å². The fourth-order valence-electron chi connectivity index (χ4n) is 3.50. The molecule has 4 aromatic heterocycles. The Kier molecular flexibility index (Phi) is 4.83. The zero-order valence-corrected chi connectivity index (χ0v) is 17.4. The van der Waals surface area contributed by atoms with E-state index in [-0.39, 0.29) is 10.8 Å². The first-order chi connectivity index (χ1) is 13.9. The Morgan fingerprint density at radius 3 is 2.76 bits per heavy atom. The van der Waals surface area contributed by atoms with E-state index in [0.717, 1.165) is 51.5 Å². The number of ether oxygens (including phenoxy) is 1. The van der Waals surface area contributed by atoms with Crippen LogP contribution in [-0.2, 0) is 6.54 Å². The van der Waals surface area contributed by atoms with Gasteiger partial charge in [-0.1, -0.05) is 0 Å². The first-order valence-electron chi connectivity index (χ1n) is 9.33. The number of aryl methyl sites for hydroxylation is 2. The molecule has 150 valence electrons.